The lowest BCUT2D eigenvalue weighted by molar-refractivity contribution is 0.0691. The molecule has 0 aliphatic heterocycles. The van der Waals surface area contributed by atoms with E-state index in [1.54, 1.807) is 42.5 Å². The maximum atomic E-state index is 11.1. The summed E-state index contributed by atoms with van der Waals surface area (Å²) in [5, 5.41) is 19.3. The molecule has 0 spiro atoms. The molecule has 0 saturated carbocycles. The lowest BCUT2D eigenvalue weighted by atomic mass is 9.96. The second kappa shape index (κ2) is 4.89. The van der Waals surface area contributed by atoms with Crippen LogP contribution in [-0.2, 0) is 0 Å². The highest BCUT2D eigenvalue weighted by atomic mass is 16.4. The summed E-state index contributed by atoms with van der Waals surface area (Å²) in [6.45, 7) is 0. The minimum atomic E-state index is -1.07. The Labute approximate surface area is 104 Å². The molecule has 0 aliphatic rings. The van der Waals surface area contributed by atoms with Crippen LogP contribution in [0.2, 0.25) is 0 Å². The number of para-hydroxylation sites is 1. The average molecular weight is 243 g/mol. The summed E-state index contributed by atoms with van der Waals surface area (Å²) in [6, 6.07) is 13.2. The number of hydrogen-bond acceptors (Lipinski definition) is 3. The molecule has 0 saturated heterocycles. The first-order valence-electron chi connectivity index (χ1n) is 5.46. The highest BCUT2D eigenvalue weighted by Gasteiger charge is 2.19. The van der Waals surface area contributed by atoms with E-state index >= 15 is 0 Å². The molecular weight excluding hydrogens is 230 g/mol. The smallest absolute Gasteiger partial charge is 0.336 e. The summed E-state index contributed by atoms with van der Waals surface area (Å²) in [7, 11) is 0. The largest absolute Gasteiger partial charge is 0.478 e. The third-order valence-electron chi connectivity index (χ3n) is 2.78. The summed E-state index contributed by atoms with van der Waals surface area (Å²) in [6.07, 6.45) is -1.04. The van der Waals surface area contributed by atoms with Crippen molar-refractivity contribution in [3.8, 4) is 0 Å². The van der Waals surface area contributed by atoms with Crippen molar-refractivity contribution in [2.24, 2.45) is 0 Å². The highest BCUT2D eigenvalue weighted by Crippen LogP contribution is 2.28. The summed E-state index contributed by atoms with van der Waals surface area (Å²) >= 11 is 0. The van der Waals surface area contributed by atoms with Crippen molar-refractivity contribution in [2.75, 3.05) is 5.73 Å². The summed E-state index contributed by atoms with van der Waals surface area (Å²) in [5.74, 6) is -1.07. The third-order valence-corrected chi connectivity index (χ3v) is 2.78. The molecule has 18 heavy (non-hydrogen) atoms. The van der Waals surface area contributed by atoms with Crippen LogP contribution in [0.25, 0.3) is 0 Å². The van der Waals surface area contributed by atoms with Gasteiger partial charge in [-0.3, -0.25) is 0 Å². The highest BCUT2D eigenvalue weighted by molar-refractivity contribution is 5.89. The topological polar surface area (TPSA) is 83.5 Å². The quantitative estimate of drug-likeness (QED) is 0.720. The predicted octanol–water partition coefficient (Wildman–Crippen LogP) is 2.05. The van der Waals surface area contributed by atoms with Gasteiger partial charge in [0.15, 0.2) is 0 Å². The van der Waals surface area contributed by atoms with Gasteiger partial charge in [0.1, 0.15) is 6.10 Å². The molecule has 1 atom stereocenters. The van der Waals surface area contributed by atoms with E-state index in [-0.39, 0.29) is 5.56 Å². The van der Waals surface area contributed by atoms with Gasteiger partial charge in [0.05, 0.1) is 5.56 Å². The zero-order valence-corrected chi connectivity index (χ0v) is 9.58. The molecule has 0 aromatic heterocycles. The number of hydrogen-bond donors (Lipinski definition) is 3. The molecule has 2 aromatic carbocycles. The number of benzene rings is 2. The molecule has 0 amide bonds. The number of carboxylic acid groups (broad SMARTS) is 1. The molecule has 0 radical (unpaired) electrons. The summed E-state index contributed by atoms with van der Waals surface area (Å²) in [5.41, 5.74) is 7.13. The number of anilines is 1. The molecule has 0 heterocycles. The molecule has 0 aliphatic carbocycles. The number of nitrogen functional groups attached to an aromatic ring is 1. The van der Waals surface area contributed by atoms with E-state index in [0.717, 1.165) is 0 Å². The number of carboxylic acids is 1. The second-order valence-corrected chi connectivity index (χ2v) is 3.92. The van der Waals surface area contributed by atoms with Crippen LogP contribution in [0.5, 0.6) is 0 Å². The first-order valence-corrected chi connectivity index (χ1v) is 5.46. The molecule has 1 unspecified atom stereocenters. The van der Waals surface area contributed by atoms with Gasteiger partial charge in [0.25, 0.3) is 0 Å². The summed E-state index contributed by atoms with van der Waals surface area (Å²) in [4.78, 5) is 11.1. The second-order valence-electron chi connectivity index (χ2n) is 3.92. The zero-order valence-electron chi connectivity index (χ0n) is 9.58. The van der Waals surface area contributed by atoms with E-state index in [4.69, 9.17) is 10.8 Å². The van der Waals surface area contributed by atoms with Crippen LogP contribution in [-0.4, -0.2) is 16.2 Å². The van der Waals surface area contributed by atoms with Gasteiger partial charge in [0.2, 0.25) is 0 Å². The minimum absolute atomic E-state index is 0.0771. The SMILES string of the molecule is Nc1ccccc1C(O)c1ccccc1C(=O)O. The average Bonchev–Trinajstić information content (AvgIpc) is 2.38. The van der Waals surface area contributed by atoms with E-state index in [1.165, 1.54) is 6.07 Å². The monoisotopic (exact) mass is 243 g/mol. The fraction of sp³-hybridized carbons (Fsp3) is 0.0714. The molecule has 0 bridgehead atoms. The van der Waals surface area contributed by atoms with Crippen molar-refractivity contribution in [3.63, 3.8) is 0 Å². The standard InChI is InChI=1S/C14H13NO3/c15-12-8-4-3-7-11(12)13(16)9-5-1-2-6-10(9)14(17)18/h1-8,13,16H,15H2,(H,17,18). The number of aliphatic hydroxyl groups is 1. The Kier molecular flexibility index (Phi) is 3.30. The van der Waals surface area contributed by atoms with Gasteiger partial charge in [-0.2, -0.15) is 0 Å². The Morgan fingerprint density at radius 1 is 1.00 bits per heavy atom. The van der Waals surface area contributed by atoms with Crippen molar-refractivity contribution in [2.45, 2.75) is 6.10 Å². The van der Waals surface area contributed by atoms with Crippen LogP contribution < -0.4 is 5.73 Å². The van der Waals surface area contributed by atoms with Gasteiger partial charge in [-0.05, 0) is 17.7 Å². The Morgan fingerprint density at radius 2 is 1.56 bits per heavy atom. The first kappa shape index (κ1) is 12.1. The molecule has 4 heteroatoms. The molecule has 4 N–H and O–H groups in total. The van der Waals surface area contributed by atoms with Gasteiger partial charge >= 0.3 is 5.97 Å². The van der Waals surface area contributed by atoms with Crippen LogP contribution in [0.4, 0.5) is 5.69 Å². The molecular formula is C14H13NO3. The van der Waals surface area contributed by atoms with Crippen molar-refractivity contribution in [1.82, 2.24) is 0 Å². The Bertz CT molecular complexity index is 581. The maximum Gasteiger partial charge on any atom is 0.336 e. The van der Waals surface area contributed by atoms with E-state index in [9.17, 15) is 9.90 Å². The van der Waals surface area contributed by atoms with Crippen molar-refractivity contribution in [1.29, 1.82) is 0 Å². The molecule has 2 aromatic rings. The fourth-order valence-electron chi connectivity index (χ4n) is 1.86. The lowest BCUT2D eigenvalue weighted by Gasteiger charge is -2.15. The first-order chi connectivity index (χ1) is 8.61. The molecule has 0 fully saturated rings. The van der Waals surface area contributed by atoms with Gasteiger partial charge in [-0.15, -0.1) is 0 Å². The number of carbonyl (C=O) groups is 1. The zero-order chi connectivity index (χ0) is 13.1. The van der Waals surface area contributed by atoms with Gasteiger partial charge in [-0.1, -0.05) is 36.4 Å². The van der Waals surface area contributed by atoms with Crippen molar-refractivity contribution >= 4 is 11.7 Å². The number of aliphatic hydroxyl groups excluding tert-OH is 1. The van der Waals surface area contributed by atoms with E-state index in [0.29, 0.717) is 16.8 Å². The van der Waals surface area contributed by atoms with Crippen LogP contribution in [0.1, 0.15) is 27.6 Å². The number of aromatic carboxylic acids is 1. The van der Waals surface area contributed by atoms with Gasteiger partial charge < -0.3 is 15.9 Å². The summed E-state index contributed by atoms with van der Waals surface area (Å²) < 4.78 is 0. The number of nitrogens with two attached hydrogens (primary N) is 1. The van der Waals surface area contributed by atoms with Crippen LogP contribution >= 0.6 is 0 Å². The van der Waals surface area contributed by atoms with Crippen molar-refractivity contribution in [3.05, 3.63) is 65.2 Å². The van der Waals surface area contributed by atoms with Crippen LogP contribution in [0.15, 0.2) is 48.5 Å². The van der Waals surface area contributed by atoms with E-state index in [1.807, 2.05) is 0 Å². The predicted molar refractivity (Wildman–Crippen MR) is 68.3 cm³/mol. The molecule has 92 valence electrons. The van der Waals surface area contributed by atoms with Gasteiger partial charge in [-0.25, -0.2) is 4.79 Å². The van der Waals surface area contributed by atoms with E-state index in [2.05, 4.69) is 0 Å². The fourth-order valence-corrected chi connectivity index (χ4v) is 1.86. The van der Waals surface area contributed by atoms with Crippen LogP contribution in [0.3, 0.4) is 0 Å². The third kappa shape index (κ3) is 2.19. The lowest BCUT2D eigenvalue weighted by Crippen LogP contribution is -2.09. The van der Waals surface area contributed by atoms with Gasteiger partial charge in [0, 0.05) is 11.3 Å². The maximum absolute atomic E-state index is 11.1. The molecule has 4 nitrogen and oxygen atoms in total. The van der Waals surface area contributed by atoms with Crippen molar-refractivity contribution < 1.29 is 15.0 Å². The Hall–Kier alpha value is -2.33. The normalized spacial score (nSPS) is 12.1. The minimum Gasteiger partial charge on any atom is -0.478 e. The number of rotatable bonds is 3. The Balaban J connectivity index is 2.50. The molecule has 2 rings (SSSR count). The van der Waals surface area contributed by atoms with Crippen LogP contribution in [0, 0.1) is 0 Å². The van der Waals surface area contributed by atoms with E-state index < -0.39 is 12.1 Å². The Morgan fingerprint density at radius 3 is 2.17 bits per heavy atom.